The van der Waals surface area contributed by atoms with Crippen molar-refractivity contribution in [1.29, 1.82) is 0 Å². The summed E-state index contributed by atoms with van der Waals surface area (Å²) in [7, 11) is 0. The molecule has 0 unspecified atom stereocenters. The Bertz CT molecular complexity index is 686. The van der Waals surface area contributed by atoms with Crippen molar-refractivity contribution in [3.63, 3.8) is 0 Å². The first-order chi connectivity index (χ1) is 9.65. The van der Waals surface area contributed by atoms with Gasteiger partial charge in [0.05, 0.1) is 16.9 Å². The van der Waals surface area contributed by atoms with E-state index in [9.17, 15) is 9.59 Å². The van der Waals surface area contributed by atoms with Crippen LogP contribution in [0.1, 0.15) is 11.3 Å². The predicted molar refractivity (Wildman–Crippen MR) is 78.3 cm³/mol. The van der Waals surface area contributed by atoms with Crippen LogP contribution in [0.15, 0.2) is 52.0 Å². The number of anilines is 1. The number of carbonyl (C=O) groups is 2. The smallest absolute Gasteiger partial charge is 0.298 e. The summed E-state index contributed by atoms with van der Waals surface area (Å²) < 4.78 is 5.16. The maximum absolute atomic E-state index is 12.3. The first kappa shape index (κ1) is 12.7. The average molecular weight is 285 g/mol. The van der Waals surface area contributed by atoms with E-state index < -0.39 is 0 Å². The molecule has 1 aromatic heterocycles. The first-order valence-electron chi connectivity index (χ1n) is 6.03. The van der Waals surface area contributed by atoms with Gasteiger partial charge in [0, 0.05) is 6.08 Å². The summed E-state index contributed by atoms with van der Waals surface area (Å²) in [4.78, 5) is 25.9. The van der Waals surface area contributed by atoms with E-state index in [0.29, 0.717) is 16.4 Å². The minimum atomic E-state index is -0.319. The molecule has 2 heterocycles. The van der Waals surface area contributed by atoms with Gasteiger partial charge < -0.3 is 4.42 Å². The Kier molecular flexibility index (Phi) is 3.20. The molecule has 0 N–H and O–H groups in total. The van der Waals surface area contributed by atoms with Crippen molar-refractivity contribution in [2.24, 2.45) is 0 Å². The molecule has 1 aliphatic heterocycles. The van der Waals surface area contributed by atoms with Gasteiger partial charge in [-0.1, -0.05) is 17.7 Å². The van der Waals surface area contributed by atoms with Crippen molar-refractivity contribution in [2.75, 3.05) is 4.90 Å². The zero-order valence-corrected chi connectivity index (χ0v) is 11.5. The maximum atomic E-state index is 12.3. The second kappa shape index (κ2) is 5.02. The van der Waals surface area contributed by atoms with E-state index in [1.165, 1.54) is 11.2 Å². The predicted octanol–water partition coefficient (Wildman–Crippen LogP) is 3.83. The van der Waals surface area contributed by atoms with Gasteiger partial charge in [-0.2, -0.15) is 0 Å². The summed E-state index contributed by atoms with van der Waals surface area (Å²) in [6, 6.07) is 10.7. The van der Waals surface area contributed by atoms with Gasteiger partial charge in [0.2, 0.25) is 0 Å². The van der Waals surface area contributed by atoms with Crippen molar-refractivity contribution >= 4 is 34.7 Å². The monoisotopic (exact) mass is 285 g/mol. The fraction of sp³-hybridized carbons (Fsp3) is 0.0667. The standard InChI is InChI=1S/C15H11NO3S/c1-10-4-6-11(7-5-10)16-14(17)13(20-15(16)18)9-12-3-2-8-19-12/h2-9H,1H3. The quantitative estimate of drug-likeness (QED) is 0.787. The van der Waals surface area contributed by atoms with Gasteiger partial charge in [-0.25, -0.2) is 4.90 Å². The SMILES string of the molecule is Cc1ccc(N2C(=O)SC(=Cc3ccco3)C2=O)cc1. The zero-order chi connectivity index (χ0) is 14.1. The van der Waals surface area contributed by atoms with Crippen molar-refractivity contribution in [3.05, 3.63) is 58.9 Å². The van der Waals surface area contributed by atoms with E-state index in [-0.39, 0.29) is 11.1 Å². The third-order valence-electron chi connectivity index (χ3n) is 2.90. The van der Waals surface area contributed by atoms with Gasteiger partial charge in [0.25, 0.3) is 11.1 Å². The van der Waals surface area contributed by atoms with Crippen LogP contribution in [-0.2, 0) is 4.79 Å². The molecule has 0 atom stereocenters. The van der Waals surface area contributed by atoms with Gasteiger partial charge in [-0.3, -0.25) is 9.59 Å². The Morgan fingerprint density at radius 2 is 1.90 bits per heavy atom. The number of benzene rings is 1. The summed E-state index contributed by atoms with van der Waals surface area (Å²) >= 11 is 0.918. The molecule has 100 valence electrons. The molecule has 1 aromatic carbocycles. The summed E-state index contributed by atoms with van der Waals surface area (Å²) in [5.74, 6) is 0.236. The van der Waals surface area contributed by atoms with Crippen LogP contribution in [0.5, 0.6) is 0 Å². The Hall–Kier alpha value is -2.27. The Labute approximate surface area is 120 Å². The van der Waals surface area contributed by atoms with Crippen molar-refractivity contribution in [2.45, 2.75) is 6.92 Å². The second-order valence-electron chi connectivity index (χ2n) is 4.37. The highest BCUT2D eigenvalue weighted by molar-refractivity contribution is 8.19. The summed E-state index contributed by atoms with van der Waals surface area (Å²) in [6.45, 7) is 1.95. The van der Waals surface area contributed by atoms with Crippen molar-refractivity contribution in [1.82, 2.24) is 0 Å². The second-order valence-corrected chi connectivity index (χ2v) is 5.36. The highest BCUT2D eigenvalue weighted by atomic mass is 32.2. The van der Waals surface area contributed by atoms with Crippen molar-refractivity contribution < 1.29 is 14.0 Å². The van der Waals surface area contributed by atoms with Gasteiger partial charge in [0.15, 0.2) is 0 Å². The number of thioether (sulfide) groups is 1. The lowest BCUT2D eigenvalue weighted by atomic mass is 10.2. The highest BCUT2D eigenvalue weighted by Crippen LogP contribution is 2.35. The lowest BCUT2D eigenvalue weighted by Gasteiger charge is -2.12. The van der Waals surface area contributed by atoms with Crippen LogP contribution in [0.4, 0.5) is 10.5 Å². The average Bonchev–Trinajstić information content (AvgIpc) is 3.02. The first-order valence-corrected chi connectivity index (χ1v) is 6.85. The molecule has 0 saturated carbocycles. The molecule has 2 amide bonds. The molecule has 1 aliphatic rings. The third-order valence-corrected chi connectivity index (χ3v) is 3.77. The number of hydrogen-bond donors (Lipinski definition) is 0. The minimum Gasteiger partial charge on any atom is -0.465 e. The number of furan rings is 1. The summed E-state index contributed by atoms with van der Waals surface area (Å²) in [6.07, 6.45) is 3.11. The van der Waals surface area contributed by atoms with Crippen LogP contribution in [0.3, 0.4) is 0 Å². The number of aryl methyl sites for hydroxylation is 1. The van der Waals surface area contributed by atoms with Gasteiger partial charge in [0.1, 0.15) is 5.76 Å². The van der Waals surface area contributed by atoms with Crippen LogP contribution in [0, 0.1) is 6.92 Å². The van der Waals surface area contributed by atoms with E-state index in [4.69, 9.17) is 4.42 Å². The Morgan fingerprint density at radius 1 is 1.15 bits per heavy atom. The molecule has 0 bridgehead atoms. The molecule has 3 rings (SSSR count). The van der Waals surface area contributed by atoms with E-state index >= 15 is 0 Å². The molecule has 20 heavy (non-hydrogen) atoms. The van der Waals surface area contributed by atoms with E-state index in [0.717, 1.165) is 17.3 Å². The summed E-state index contributed by atoms with van der Waals surface area (Å²) in [5, 5.41) is -0.295. The van der Waals surface area contributed by atoms with Gasteiger partial charge in [-0.15, -0.1) is 0 Å². The molecule has 5 heteroatoms. The Balaban J connectivity index is 1.93. The van der Waals surface area contributed by atoms with Crippen LogP contribution in [0.2, 0.25) is 0 Å². The maximum Gasteiger partial charge on any atom is 0.298 e. The normalized spacial score (nSPS) is 17.2. The molecule has 0 aliphatic carbocycles. The van der Waals surface area contributed by atoms with Gasteiger partial charge >= 0.3 is 0 Å². The van der Waals surface area contributed by atoms with E-state index in [2.05, 4.69) is 0 Å². The number of hydrogen-bond acceptors (Lipinski definition) is 4. The molecule has 0 radical (unpaired) electrons. The molecule has 0 spiro atoms. The van der Waals surface area contributed by atoms with Crippen LogP contribution in [-0.4, -0.2) is 11.1 Å². The van der Waals surface area contributed by atoms with Crippen LogP contribution < -0.4 is 4.90 Å². The lowest BCUT2D eigenvalue weighted by Crippen LogP contribution is -2.27. The van der Waals surface area contributed by atoms with Crippen LogP contribution in [0.25, 0.3) is 6.08 Å². The molecular weight excluding hydrogens is 274 g/mol. The number of carbonyl (C=O) groups excluding carboxylic acids is 2. The zero-order valence-electron chi connectivity index (χ0n) is 10.7. The molecule has 4 nitrogen and oxygen atoms in total. The molecular formula is C15H11NO3S. The van der Waals surface area contributed by atoms with Crippen molar-refractivity contribution in [3.8, 4) is 0 Å². The highest BCUT2D eigenvalue weighted by Gasteiger charge is 2.36. The van der Waals surface area contributed by atoms with E-state index in [1.807, 2.05) is 19.1 Å². The topological polar surface area (TPSA) is 50.5 Å². The largest absolute Gasteiger partial charge is 0.465 e. The molecule has 1 fully saturated rings. The fourth-order valence-corrected chi connectivity index (χ4v) is 2.71. The van der Waals surface area contributed by atoms with E-state index in [1.54, 1.807) is 30.3 Å². The number of rotatable bonds is 2. The number of imide groups is 1. The number of amides is 2. The summed E-state index contributed by atoms with van der Waals surface area (Å²) in [5.41, 5.74) is 1.66. The fourth-order valence-electron chi connectivity index (χ4n) is 1.89. The lowest BCUT2D eigenvalue weighted by molar-refractivity contribution is -0.113. The Morgan fingerprint density at radius 3 is 2.55 bits per heavy atom. The van der Waals surface area contributed by atoms with Gasteiger partial charge in [-0.05, 0) is 43.0 Å². The number of nitrogens with zero attached hydrogens (tertiary/aromatic N) is 1. The third kappa shape index (κ3) is 2.28. The minimum absolute atomic E-state index is 0.295. The molecule has 2 aromatic rings. The van der Waals surface area contributed by atoms with Crippen LogP contribution >= 0.6 is 11.8 Å². The molecule has 1 saturated heterocycles.